The highest BCUT2D eigenvalue weighted by Crippen LogP contribution is 2.34. The van der Waals surface area contributed by atoms with Gasteiger partial charge in [0, 0.05) is 0 Å². The number of halogens is 2. The first-order valence-electron chi connectivity index (χ1n) is 4.28. The fourth-order valence-corrected chi connectivity index (χ4v) is 4.46. The van der Waals surface area contributed by atoms with E-state index in [4.69, 9.17) is 28.3 Å². The van der Waals surface area contributed by atoms with Crippen molar-refractivity contribution in [1.29, 1.82) is 0 Å². The number of carbonyl (C=O) groups is 1. The third-order valence-corrected chi connectivity index (χ3v) is 5.25. The number of hydrogen-bond donors (Lipinski definition) is 2. The van der Waals surface area contributed by atoms with Crippen LogP contribution in [-0.2, 0) is 14.8 Å². The van der Waals surface area contributed by atoms with Crippen molar-refractivity contribution in [2.45, 2.75) is 24.3 Å². The standard InChI is InChI=1S/C8H9Cl2NO4S2/c1-8(2,7(12)13)11-17(14,15)4-3-5(9)16-6(4)10/h3,11H,1-2H3,(H,12,13). The summed E-state index contributed by atoms with van der Waals surface area (Å²) in [5, 5.41) is 8.84. The second-order valence-electron chi connectivity index (χ2n) is 3.72. The molecule has 0 bridgehead atoms. The van der Waals surface area contributed by atoms with E-state index in [-0.39, 0.29) is 13.6 Å². The van der Waals surface area contributed by atoms with Gasteiger partial charge >= 0.3 is 5.97 Å². The van der Waals surface area contributed by atoms with E-state index in [9.17, 15) is 13.2 Å². The van der Waals surface area contributed by atoms with Crippen LogP contribution in [0.3, 0.4) is 0 Å². The normalized spacial score (nSPS) is 12.7. The third kappa shape index (κ3) is 3.32. The average Bonchev–Trinajstić information content (AvgIpc) is 2.43. The molecule has 96 valence electrons. The van der Waals surface area contributed by atoms with Crippen molar-refractivity contribution < 1.29 is 18.3 Å². The molecule has 0 radical (unpaired) electrons. The van der Waals surface area contributed by atoms with Crippen LogP contribution in [0.4, 0.5) is 0 Å². The first kappa shape index (κ1) is 14.7. The van der Waals surface area contributed by atoms with Crippen LogP contribution in [0.5, 0.6) is 0 Å². The van der Waals surface area contributed by atoms with Crippen LogP contribution in [0.1, 0.15) is 13.8 Å². The highest BCUT2D eigenvalue weighted by atomic mass is 35.5. The Morgan fingerprint density at radius 2 is 2.00 bits per heavy atom. The predicted octanol–water partition coefficient (Wildman–Crippen LogP) is 2.20. The summed E-state index contributed by atoms with van der Waals surface area (Å²) in [6.07, 6.45) is 0. The molecular formula is C8H9Cl2NO4S2. The second kappa shape index (κ2) is 4.74. The van der Waals surface area contributed by atoms with E-state index in [2.05, 4.69) is 0 Å². The Balaban J connectivity index is 3.14. The summed E-state index contributed by atoms with van der Waals surface area (Å²) < 4.78 is 26.0. The largest absolute Gasteiger partial charge is 0.480 e. The summed E-state index contributed by atoms with van der Waals surface area (Å²) in [6, 6.07) is 1.18. The van der Waals surface area contributed by atoms with Crippen LogP contribution in [0.15, 0.2) is 11.0 Å². The van der Waals surface area contributed by atoms with Crippen LogP contribution >= 0.6 is 34.5 Å². The fraction of sp³-hybridized carbons (Fsp3) is 0.375. The number of rotatable bonds is 4. The van der Waals surface area contributed by atoms with Gasteiger partial charge in [-0.15, -0.1) is 11.3 Å². The lowest BCUT2D eigenvalue weighted by Gasteiger charge is -2.20. The summed E-state index contributed by atoms with van der Waals surface area (Å²) >= 11 is 12.2. The van der Waals surface area contributed by atoms with Crippen LogP contribution in [0.25, 0.3) is 0 Å². The quantitative estimate of drug-likeness (QED) is 0.891. The molecule has 0 aliphatic rings. The van der Waals surface area contributed by atoms with E-state index in [1.165, 1.54) is 19.9 Å². The maximum atomic E-state index is 11.9. The molecular weight excluding hydrogens is 309 g/mol. The van der Waals surface area contributed by atoms with E-state index in [0.29, 0.717) is 0 Å². The minimum absolute atomic E-state index is 0.0105. The molecule has 0 aromatic carbocycles. The first-order chi connectivity index (χ1) is 7.56. The molecule has 1 heterocycles. The zero-order valence-corrected chi connectivity index (χ0v) is 12.0. The highest BCUT2D eigenvalue weighted by molar-refractivity contribution is 7.89. The van der Waals surface area contributed by atoms with Gasteiger partial charge in [-0.05, 0) is 19.9 Å². The first-order valence-corrected chi connectivity index (χ1v) is 7.34. The molecule has 0 aliphatic heterocycles. The van der Waals surface area contributed by atoms with Gasteiger partial charge in [-0.3, -0.25) is 4.79 Å². The molecule has 1 aromatic rings. The van der Waals surface area contributed by atoms with E-state index in [0.717, 1.165) is 11.3 Å². The number of carboxylic acid groups (broad SMARTS) is 1. The lowest BCUT2D eigenvalue weighted by atomic mass is 10.1. The van der Waals surface area contributed by atoms with Gasteiger partial charge < -0.3 is 5.11 Å². The van der Waals surface area contributed by atoms with Crippen LogP contribution < -0.4 is 4.72 Å². The summed E-state index contributed by atoms with van der Waals surface area (Å²) in [5.41, 5.74) is -1.63. The molecule has 17 heavy (non-hydrogen) atoms. The maximum absolute atomic E-state index is 11.9. The second-order valence-corrected chi connectivity index (χ2v) is 7.66. The number of hydrogen-bond acceptors (Lipinski definition) is 4. The molecule has 5 nitrogen and oxygen atoms in total. The molecule has 0 unspecified atom stereocenters. The van der Waals surface area contributed by atoms with E-state index < -0.39 is 21.5 Å². The zero-order chi connectivity index (χ0) is 13.4. The molecule has 9 heteroatoms. The van der Waals surface area contributed by atoms with Gasteiger partial charge in [-0.2, -0.15) is 4.72 Å². The summed E-state index contributed by atoms with van der Waals surface area (Å²) in [4.78, 5) is 10.6. The minimum atomic E-state index is -4.01. The van der Waals surface area contributed by atoms with Crippen LogP contribution in [0, 0.1) is 0 Å². The minimum Gasteiger partial charge on any atom is -0.480 e. The predicted molar refractivity (Wildman–Crippen MR) is 66.4 cm³/mol. The van der Waals surface area contributed by atoms with Crippen LogP contribution in [-0.4, -0.2) is 25.0 Å². The molecule has 0 saturated carbocycles. The van der Waals surface area contributed by atoms with Crippen molar-refractivity contribution in [1.82, 2.24) is 4.72 Å². The molecule has 0 atom stereocenters. The van der Waals surface area contributed by atoms with Crippen molar-refractivity contribution in [2.24, 2.45) is 0 Å². The number of sulfonamides is 1. The zero-order valence-electron chi connectivity index (χ0n) is 8.82. The number of carboxylic acids is 1. The average molecular weight is 318 g/mol. The Morgan fingerprint density at radius 1 is 1.47 bits per heavy atom. The van der Waals surface area contributed by atoms with Crippen molar-refractivity contribution in [3.05, 3.63) is 14.7 Å². The Labute approximate surface area is 112 Å². The number of nitrogens with one attached hydrogen (secondary N) is 1. The molecule has 0 saturated heterocycles. The van der Waals surface area contributed by atoms with Crippen molar-refractivity contribution in [3.63, 3.8) is 0 Å². The van der Waals surface area contributed by atoms with Gasteiger partial charge in [0.15, 0.2) is 0 Å². The third-order valence-electron chi connectivity index (χ3n) is 1.84. The summed E-state index contributed by atoms with van der Waals surface area (Å²) in [6.45, 7) is 2.46. The molecule has 2 N–H and O–H groups in total. The van der Waals surface area contributed by atoms with Gasteiger partial charge in [-0.25, -0.2) is 8.42 Å². The highest BCUT2D eigenvalue weighted by Gasteiger charge is 2.34. The fourth-order valence-electron chi connectivity index (χ4n) is 0.943. The molecule has 0 fully saturated rings. The number of aliphatic carboxylic acids is 1. The Kier molecular flexibility index (Phi) is 4.10. The Morgan fingerprint density at radius 3 is 2.35 bits per heavy atom. The van der Waals surface area contributed by atoms with Crippen molar-refractivity contribution >= 4 is 50.5 Å². The maximum Gasteiger partial charge on any atom is 0.324 e. The monoisotopic (exact) mass is 317 g/mol. The van der Waals surface area contributed by atoms with Gasteiger partial charge in [-0.1, -0.05) is 23.2 Å². The smallest absolute Gasteiger partial charge is 0.324 e. The van der Waals surface area contributed by atoms with Gasteiger partial charge in [0.05, 0.1) is 4.34 Å². The summed E-state index contributed by atoms with van der Waals surface area (Å²) in [5.74, 6) is -1.29. The molecule has 0 amide bonds. The molecule has 0 spiro atoms. The van der Waals surface area contributed by atoms with E-state index in [1.807, 2.05) is 4.72 Å². The van der Waals surface area contributed by atoms with Crippen molar-refractivity contribution in [3.8, 4) is 0 Å². The Hall–Kier alpha value is -0.340. The molecule has 1 aromatic heterocycles. The number of thiophene rings is 1. The van der Waals surface area contributed by atoms with Crippen LogP contribution in [0.2, 0.25) is 8.67 Å². The Bertz CT molecular complexity index is 550. The molecule has 0 aliphatic carbocycles. The van der Waals surface area contributed by atoms with Gasteiger partial charge in [0.2, 0.25) is 10.0 Å². The van der Waals surface area contributed by atoms with E-state index in [1.54, 1.807) is 0 Å². The van der Waals surface area contributed by atoms with Gasteiger partial charge in [0.25, 0.3) is 0 Å². The molecule has 1 rings (SSSR count). The van der Waals surface area contributed by atoms with Gasteiger partial charge in [0.1, 0.15) is 14.8 Å². The lowest BCUT2D eigenvalue weighted by molar-refractivity contribution is -0.142. The summed E-state index contributed by atoms with van der Waals surface area (Å²) in [7, 11) is -4.01. The van der Waals surface area contributed by atoms with E-state index >= 15 is 0 Å². The SMILES string of the molecule is CC(C)(NS(=O)(=O)c1cc(Cl)sc1Cl)C(=O)O. The van der Waals surface area contributed by atoms with Crippen molar-refractivity contribution in [2.75, 3.05) is 0 Å². The lowest BCUT2D eigenvalue weighted by Crippen LogP contribution is -2.49. The topological polar surface area (TPSA) is 83.5 Å².